The van der Waals surface area contributed by atoms with Gasteiger partial charge in [-0.2, -0.15) is 0 Å². The van der Waals surface area contributed by atoms with Gasteiger partial charge >= 0.3 is 5.97 Å². The molecule has 0 aliphatic heterocycles. The van der Waals surface area contributed by atoms with Crippen LogP contribution in [0.2, 0.25) is 0 Å². The molecule has 0 aliphatic rings. The van der Waals surface area contributed by atoms with Gasteiger partial charge in [-0.3, -0.25) is 9.78 Å². The van der Waals surface area contributed by atoms with E-state index in [1.807, 2.05) is 31.2 Å². The molecule has 1 aromatic carbocycles. The molecule has 2 rings (SSSR count). The third-order valence-corrected chi connectivity index (χ3v) is 3.38. The van der Waals surface area contributed by atoms with Crippen molar-refractivity contribution in [2.24, 2.45) is 0 Å². The van der Waals surface area contributed by atoms with E-state index < -0.39 is 5.97 Å². The maximum atomic E-state index is 11.8. The first-order valence-corrected chi connectivity index (χ1v) is 7.33. The molecule has 0 aliphatic carbocycles. The molecular formula is C15H14BrN3O3. The number of aromatic nitrogens is 2. The van der Waals surface area contributed by atoms with Crippen LogP contribution < -0.4 is 5.32 Å². The summed E-state index contributed by atoms with van der Waals surface area (Å²) in [7, 11) is 0. The van der Waals surface area contributed by atoms with E-state index >= 15 is 0 Å². The number of carbonyl (C=O) groups is 2. The summed E-state index contributed by atoms with van der Waals surface area (Å²) in [5.74, 6) is -1.06. The van der Waals surface area contributed by atoms with Gasteiger partial charge in [0, 0.05) is 16.9 Å². The lowest BCUT2D eigenvalue weighted by molar-refractivity contribution is -0.124. The normalized spacial score (nSPS) is 11.5. The Morgan fingerprint density at radius 3 is 2.64 bits per heavy atom. The number of amides is 1. The largest absolute Gasteiger partial charge is 0.451 e. The van der Waals surface area contributed by atoms with Gasteiger partial charge in [0.1, 0.15) is 0 Å². The Kier molecular flexibility index (Phi) is 5.60. The Labute approximate surface area is 136 Å². The fourth-order valence-electron chi connectivity index (χ4n) is 1.73. The first-order chi connectivity index (χ1) is 10.6. The molecule has 0 unspecified atom stereocenters. The summed E-state index contributed by atoms with van der Waals surface area (Å²) in [6.07, 6.45) is 4.11. The van der Waals surface area contributed by atoms with Gasteiger partial charge in [-0.1, -0.05) is 28.1 Å². The average molecular weight is 364 g/mol. The molecule has 2 aromatic rings. The zero-order valence-electron chi connectivity index (χ0n) is 11.8. The van der Waals surface area contributed by atoms with Gasteiger partial charge in [0.15, 0.2) is 12.3 Å². The molecule has 0 saturated heterocycles. The van der Waals surface area contributed by atoms with Crippen molar-refractivity contribution in [3.05, 3.63) is 58.6 Å². The lowest BCUT2D eigenvalue weighted by atomic mass is 10.1. The zero-order valence-corrected chi connectivity index (χ0v) is 13.4. The summed E-state index contributed by atoms with van der Waals surface area (Å²) in [4.78, 5) is 31.0. The number of nitrogens with one attached hydrogen (secondary N) is 1. The molecular weight excluding hydrogens is 350 g/mol. The highest BCUT2D eigenvalue weighted by molar-refractivity contribution is 9.10. The van der Waals surface area contributed by atoms with Crippen LogP contribution >= 0.6 is 15.9 Å². The quantitative estimate of drug-likeness (QED) is 0.824. The minimum atomic E-state index is -0.681. The fourth-order valence-corrected chi connectivity index (χ4v) is 1.99. The Hall–Kier alpha value is -2.28. The van der Waals surface area contributed by atoms with Gasteiger partial charge < -0.3 is 10.1 Å². The maximum Gasteiger partial charge on any atom is 0.359 e. The molecule has 1 aromatic heterocycles. The molecule has 114 valence electrons. The van der Waals surface area contributed by atoms with Crippen molar-refractivity contribution < 1.29 is 14.3 Å². The Morgan fingerprint density at radius 1 is 1.27 bits per heavy atom. The molecule has 1 atom stereocenters. The molecule has 0 saturated carbocycles. The Bertz CT molecular complexity index is 647. The van der Waals surface area contributed by atoms with Crippen LogP contribution in [0.3, 0.4) is 0 Å². The van der Waals surface area contributed by atoms with Crippen LogP contribution in [-0.2, 0) is 9.53 Å². The number of rotatable bonds is 5. The fraction of sp³-hybridized carbons (Fsp3) is 0.200. The molecule has 7 heteroatoms. The molecule has 1 heterocycles. The predicted molar refractivity (Wildman–Crippen MR) is 83.0 cm³/mol. The third kappa shape index (κ3) is 4.63. The van der Waals surface area contributed by atoms with Crippen molar-refractivity contribution in [2.75, 3.05) is 6.61 Å². The second-order valence-electron chi connectivity index (χ2n) is 4.51. The maximum absolute atomic E-state index is 11.8. The van der Waals surface area contributed by atoms with Crippen molar-refractivity contribution in [1.82, 2.24) is 15.3 Å². The molecule has 0 bridgehead atoms. The molecule has 1 amide bonds. The number of benzene rings is 1. The van der Waals surface area contributed by atoms with Crippen molar-refractivity contribution in [1.29, 1.82) is 0 Å². The van der Waals surface area contributed by atoms with E-state index in [-0.39, 0.29) is 24.2 Å². The van der Waals surface area contributed by atoms with Crippen LogP contribution in [0.4, 0.5) is 0 Å². The highest BCUT2D eigenvalue weighted by Gasteiger charge is 2.13. The summed E-state index contributed by atoms with van der Waals surface area (Å²) < 4.78 is 5.85. The van der Waals surface area contributed by atoms with Crippen LogP contribution in [0.1, 0.15) is 29.0 Å². The Morgan fingerprint density at radius 2 is 2.00 bits per heavy atom. The first-order valence-electron chi connectivity index (χ1n) is 6.54. The standard InChI is InChI=1S/C15H14BrN3O3/c1-10(11-2-4-12(16)5-3-11)19-14(20)9-22-15(21)13-8-17-6-7-18-13/h2-8,10H,9H2,1H3,(H,19,20)/t10-/m0/s1. The summed E-state index contributed by atoms with van der Waals surface area (Å²) in [5.41, 5.74) is 1.02. The van der Waals surface area contributed by atoms with Gasteiger partial charge in [0.25, 0.3) is 5.91 Å². The summed E-state index contributed by atoms with van der Waals surface area (Å²) in [6.45, 7) is 1.49. The minimum absolute atomic E-state index is 0.0660. The summed E-state index contributed by atoms with van der Waals surface area (Å²) in [5, 5.41) is 2.75. The van der Waals surface area contributed by atoms with Crippen LogP contribution in [-0.4, -0.2) is 28.5 Å². The van der Waals surface area contributed by atoms with Crippen molar-refractivity contribution in [3.63, 3.8) is 0 Å². The van der Waals surface area contributed by atoms with Crippen molar-refractivity contribution >= 4 is 27.8 Å². The van der Waals surface area contributed by atoms with E-state index in [4.69, 9.17) is 4.74 Å². The molecule has 22 heavy (non-hydrogen) atoms. The number of halogens is 1. The number of hydrogen-bond acceptors (Lipinski definition) is 5. The molecule has 0 spiro atoms. The highest BCUT2D eigenvalue weighted by Crippen LogP contribution is 2.16. The predicted octanol–water partition coefficient (Wildman–Crippen LogP) is 2.27. The van der Waals surface area contributed by atoms with Crippen molar-refractivity contribution in [2.45, 2.75) is 13.0 Å². The second kappa shape index (κ2) is 7.65. The lowest BCUT2D eigenvalue weighted by Gasteiger charge is -2.14. The minimum Gasteiger partial charge on any atom is -0.451 e. The topological polar surface area (TPSA) is 81.2 Å². The monoisotopic (exact) mass is 363 g/mol. The molecule has 6 nitrogen and oxygen atoms in total. The van der Waals surface area contributed by atoms with Crippen LogP contribution in [0.5, 0.6) is 0 Å². The van der Waals surface area contributed by atoms with Crippen LogP contribution in [0.15, 0.2) is 47.3 Å². The molecule has 1 N–H and O–H groups in total. The molecule has 0 radical (unpaired) electrons. The first kappa shape index (κ1) is 16.1. The number of ether oxygens (including phenoxy) is 1. The van der Waals surface area contributed by atoms with E-state index in [1.165, 1.54) is 18.6 Å². The lowest BCUT2D eigenvalue weighted by Crippen LogP contribution is -2.31. The number of hydrogen-bond donors (Lipinski definition) is 1. The van der Waals surface area contributed by atoms with E-state index in [2.05, 4.69) is 31.2 Å². The van der Waals surface area contributed by atoms with Crippen LogP contribution in [0, 0.1) is 0 Å². The third-order valence-electron chi connectivity index (χ3n) is 2.85. The Balaban J connectivity index is 1.83. The highest BCUT2D eigenvalue weighted by atomic mass is 79.9. The number of nitrogens with zero attached hydrogens (tertiary/aromatic N) is 2. The smallest absolute Gasteiger partial charge is 0.359 e. The summed E-state index contributed by atoms with van der Waals surface area (Å²) >= 11 is 3.35. The second-order valence-corrected chi connectivity index (χ2v) is 5.42. The van der Waals surface area contributed by atoms with Gasteiger partial charge in [0.2, 0.25) is 0 Å². The van der Waals surface area contributed by atoms with Gasteiger partial charge in [-0.05, 0) is 24.6 Å². The van der Waals surface area contributed by atoms with E-state index in [9.17, 15) is 9.59 Å². The number of carbonyl (C=O) groups excluding carboxylic acids is 2. The van der Waals surface area contributed by atoms with Gasteiger partial charge in [-0.25, -0.2) is 9.78 Å². The van der Waals surface area contributed by atoms with E-state index in [1.54, 1.807) is 0 Å². The van der Waals surface area contributed by atoms with Gasteiger partial charge in [0.05, 0.1) is 12.2 Å². The van der Waals surface area contributed by atoms with Crippen molar-refractivity contribution in [3.8, 4) is 0 Å². The van der Waals surface area contributed by atoms with E-state index in [0.717, 1.165) is 10.0 Å². The SMILES string of the molecule is C[C@H](NC(=O)COC(=O)c1cnccn1)c1ccc(Br)cc1. The number of esters is 1. The zero-order chi connectivity index (χ0) is 15.9. The van der Waals surface area contributed by atoms with Gasteiger partial charge in [-0.15, -0.1) is 0 Å². The summed E-state index contributed by atoms with van der Waals surface area (Å²) in [6, 6.07) is 7.41. The average Bonchev–Trinajstić information content (AvgIpc) is 2.54. The molecule has 0 fully saturated rings. The van der Waals surface area contributed by atoms with E-state index in [0.29, 0.717) is 0 Å². The van der Waals surface area contributed by atoms with Crippen LogP contribution in [0.25, 0.3) is 0 Å².